The molecule has 5 heteroatoms. The summed E-state index contributed by atoms with van der Waals surface area (Å²) in [5, 5.41) is 3.20. The quantitative estimate of drug-likeness (QED) is 0.871. The molecule has 0 radical (unpaired) electrons. The van der Waals surface area contributed by atoms with Gasteiger partial charge in [-0.05, 0) is 65.6 Å². The van der Waals surface area contributed by atoms with Gasteiger partial charge in [0, 0.05) is 22.8 Å². The lowest BCUT2D eigenvalue weighted by molar-refractivity contribution is 0.0751. The van der Waals surface area contributed by atoms with Crippen LogP contribution in [0.15, 0.2) is 22.8 Å². The zero-order valence-corrected chi connectivity index (χ0v) is 13.0. The van der Waals surface area contributed by atoms with Crippen molar-refractivity contribution in [3.05, 3.63) is 28.5 Å². The van der Waals surface area contributed by atoms with Crippen molar-refractivity contribution in [2.45, 2.75) is 44.2 Å². The zero-order valence-electron chi connectivity index (χ0n) is 11.4. The molecule has 2 bridgehead atoms. The van der Waals surface area contributed by atoms with Gasteiger partial charge in [-0.3, -0.25) is 4.79 Å². The lowest BCUT2D eigenvalue weighted by atomic mass is 9.67. The van der Waals surface area contributed by atoms with Gasteiger partial charge in [0.05, 0.1) is 0 Å². The molecule has 2 atom stereocenters. The molecule has 1 aromatic heterocycles. The van der Waals surface area contributed by atoms with Crippen LogP contribution in [0.25, 0.3) is 0 Å². The van der Waals surface area contributed by atoms with Crippen molar-refractivity contribution >= 4 is 21.8 Å². The SMILES string of the molecule is NC1CC2CCCC(C1)C2NC(=O)c1ccc(Br)cn1. The number of nitrogens with zero attached hydrogens (tertiary/aromatic N) is 1. The van der Waals surface area contributed by atoms with E-state index < -0.39 is 0 Å². The van der Waals surface area contributed by atoms with E-state index in [2.05, 4.69) is 26.2 Å². The van der Waals surface area contributed by atoms with E-state index in [9.17, 15) is 4.79 Å². The van der Waals surface area contributed by atoms with Crippen LogP contribution < -0.4 is 11.1 Å². The summed E-state index contributed by atoms with van der Waals surface area (Å²) in [5.74, 6) is 1.02. The Balaban J connectivity index is 1.70. The summed E-state index contributed by atoms with van der Waals surface area (Å²) in [4.78, 5) is 16.5. The Hall–Kier alpha value is -0.940. The number of rotatable bonds is 2. The molecule has 2 aliphatic rings. The number of hydrogen-bond acceptors (Lipinski definition) is 3. The number of pyridine rings is 1. The predicted molar refractivity (Wildman–Crippen MR) is 81.2 cm³/mol. The van der Waals surface area contributed by atoms with Gasteiger partial charge >= 0.3 is 0 Å². The summed E-state index contributed by atoms with van der Waals surface area (Å²) in [6.45, 7) is 0. The van der Waals surface area contributed by atoms with Crippen LogP contribution in [0, 0.1) is 11.8 Å². The monoisotopic (exact) mass is 337 g/mol. The van der Waals surface area contributed by atoms with Gasteiger partial charge in [0.25, 0.3) is 5.91 Å². The molecule has 3 N–H and O–H groups in total. The Morgan fingerprint density at radius 2 is 2.00 bits per heavy atom. The molecule has 1 heterocycles. The molecule has 1 amide bonds. The molecule has 0 spiro atoms. The van der Waals surface area contributed by atoms with Crippen LogP contribution >= 0.6 is 15.9 Å². The lowest BCUT2D eigenvalue weighted by Gasteiger charge is -2.45. The van der Waals surface area contributed by atoms with Gasteiger partial charge < -0.3 is 11.1 Å². The van der Waals surface area contributed by atoms with Crippen LogP contribution in [0.3, 0.4) is 0 Å². The van der Waals surface area contributed by atoms with E-state index in [1.807, 2.05) is 6.07 Å². The number of nitrogens with one attached hydrogen (secondary N) is 1. The predicted octanol–water partition coefficient (Wildman–Crippen LogP) is 2.48. The number of aromatic nitrogens is 1. The first-order valence-electron chi connectivity index (χ1n) is 7.31. The van der Waals surface area contributed by atoms with Crippen molar-refractivity contribution in [2.24, 2.45) is 17.6 Å². The number of amides is 1. The second kappa shape index (κ2) is 5.82. The van der Waals surface area contributed by atoms with Crippen LogP contribution in [0.2, 0.25) is 0 Å². The maximum Gasteiger partial charge on any atom is 0.270 e. The van der Waals surface area contributed by atoms with E-state index in [1.165, 1.54) is 19.3 Å². The lowest BCUT2D eigenvalue weighted by Crippen LogP contribution is -2.53. The summed E-state index contributed by atoms with van der Waals surface area (Å²) < 4.78 is 0.884. The molecule has 4 nitrogen and oxygen atoms in total. The summed E-state index contributed by atoms with van der Waals surface area (Å²) in [7, 11) is 0. The second-order valence-electron chi connectivity index (χ2n) is 6.04. The highest BCUT2D eigenvalue weighted by Gasteiger charge is 2.40. The van der Waals surface area contributed by atoms with Gasteiger partial charge in [0.1, 0.15) is 5.69 Å². The normalized spacial score (nSPS) is 32.7. The van der Waals surface area contributed by atoms with Crippen LogP contribution in [0.1, 0.15) is 42.6 Å². The van der Waals surface area contributed by atoms with Crippen molar-refractivity contribution < 1.29 is 4.79 Å². The number of carbonyl (C=O) groups excluding carboxylic acids is 1. The molecule has 2 aliphatic carbocycles. The van der Waals surface area contributed by atoms with Crippen molar-refractivity contribution in [3.63, 3.8) is 0 Å². The van der Waals surface area contributed by atoms with Crippen LogP contribution in [-0.4, -0.2) is 23.0 Å². The maximum absolute atomic E-state index is 12.3. The molecule has 0 aliphatic heterocycles. The molecule has 0 aromatic carbocycles. The van der Waals surface area contributed by atoms with Gasteiger partial charge in [-0.25, -0.2) is 4.98 Å². The van der Waals surface area contributed by atoms with E-state index >= 15 is 0 Å². The van der Waals surface area contributed by atoms with E-state index in [0.717, 1.165) is 17.3 Å². The van der Waals surface area contributed by atoms with Crippen LogP contribution in [0.4, 0.5) is 0 Å². The number of fused-ring (bicyclic) bond motifs is 2. The highest BCUT2D eigenvalue weighted by Crippen LogP contribution is 2.39. The van der Waals surface area contributed by atoms with Crippen LogP contribution in [0.5, 0.6) is 0 Å². The first kappa shape index (κ1) is 14.0. The van der Waals surface area contributed by atoms with Crippen molar-refractivity contribution in [1.29, 1.82) is 0 Å². The maximum atomic E-state index is 12.3. The largest absolute Gasteiger partial charge is 0.347 e. The van der Waals surface area contributed by atoms with E-state index in [-0.39, 0.29) is 11.9 Å². The van der Waals surface area contributed by atoms with Crippen molar-refractivity contribution in [2.75, 3.05) is 0 Å². The van der Waals surface area contributed by atoms with E-state index in [0.29, 0.717) is 23.6 Å². The molecular weight excluding hydrogens is 318 g/mol. The molecule has 20 heavy (non-hydrogen) atoms. The van der Waals surface area contributed by atoms with E-state index in [4.69, 9.17) is 5.73 Å². The van der Waals surface area contributed by atoms with Gasteiger partial charge in [-0.15, -0.1) is 0 Å². The molecule has 2 unspecified atom stereocenters. The third-order valence-electron chi connectivity index (χ3n) is 4.63. The average molecular weight is 338 g/mol. The molecule has 108 valence electrons. The smallest absolute Gasteiger partial charge is 0.270 e. The molecule has 2 fully saturated rings. The number of hydrogen-bond donors (Lipinski definition) is 2. The number of nitrogens with two attached hydrogens (primary N) is 1. The fourth-order valence-corrected chi connectivity index (χ4v) is 3.99. The standard InChI is InChI=1S/C15H20BrN3O/c16-11-4-5-13(18-8-11)15(20)19-14-9-2-1-3-10(14)7-12(17)6-9/h4-5,8-10,12,14H,1-3,6-7,17H2,(H,19,20). The van der Waals surface area contributed by atoms with Crippen LogP contribution in [-0.2, 0) is 0 Å². The molecule has 0 saturated heterocycles. The second-order valence-corrected chi connectivity index (χ2v) is 6.96. The summed E-state index contributed by atoms with van der Waals surface area (Å²) in [5.41, 5.74) is 6.60. The Morgan fingerprint density at radius 3 is 2.60 bits per heavy atom. The average Bonchev–Trinajstić information content (AvgIpc) is 2.40. The van der Waals surface area contributed by atoms with Crippen molar-refractivity contribution in [3.8, 4) is 0 Å². The number of halogens is 1. The first-order chi connectivity index (χ1) is 9.63. The van der Waals surface area contributed by atoms with Gasteiger partial charge in [0.15, 0.2) is 0 Å². The number of carbonyl (C=O) groups is 1. The third kappa shape index (κ3) is 2.88. The third-order valence-corrected chi connectivity index (χ3v) is 5.10. The van der Waals surface area contributed by atoms with Crippen molar-refractivity contribution in [1.82, 2.24) is 10.3 Å². The molecule has 3 rings (SSSR count). The Bertz CT molecular complexity index is 476. The molecule has 2 saturated carbocycles. The summed E-state index contributed by atoms with van der Waals surface area (Å²) in [6, 6.07) is 4.19. The molecule has 1 aromatic rings. The fraction of sp³-hybridized carbons (Fsp3) is 0.600. The minimum atomic E-state index is -0.0603. The minimum Gasteiger partial charge on any atom is -0.347 e. The minimum absolute atomic E-state index is 0.0603. The van der Waals surface area contributed by atoms with Gasteiger partial charge in [-0.2, -0.15) is 0 Å². The summed E-state index contributed by atoms with van der Waals surface area (Å²) >= 11 is 3.33. The van der Waals surface area contributed by atoms with Gasteiger partial charge in [-0.1, -0.05) is 6.42 Å². The highest BCUT2D eigenvalue weighted by molar-refractivity contribution is 9.10. The Labute approximate surface area is 127 Å². The van der Waals surface area contributed by atoms with Gasteiger partial charge in [0.2, 0.25) is 0 Å². The first-order valence-corrected chi connectivity index (χ1v) is 8.11. The summed E-state index contributed by atoms with van der Waals surface area (Å²) in [6.07, 6.45) is 7.37. The Kier molecular flexibility index (Phi) is 4.08. The molecular formula is C15H20BrN3O. The Morgan fingerprint density at radius 1 is 1.30 bits per heavy atom. The zero-order chi connectivity index (χ0) is 14.1. The van der Waals surface area contributed by atoms with E-state index in [1.54, 1.807) is 12.3 Å². The fourth-order valence-electron chi connectivity index (χ4n) is 3.76. The topological polar surface area (TPSA) is 68.0 Å². The highest BCUT2D eigenvalue weighted by atomic mass is 79.9.